The predicted octanol–water partition coefficient (Wildman–Crippen LogP) is 2.56. The van der Waals surface area contributed by atoms with Gasteiger partial charge in [-0.3, -0.25) is 10.1 Å². The summed E-state index contributed by atoms with van der Waals surface area (Å²) in [6.45, 7) is -1.24. The van der Waals surface area contributed by atoms with E-state index in [2.05, 4.69) is 5.32 Å². The van der Waals surface area contributed by atoms with Gasteiger partial charge in [-0.05, 0) is 18.8 Å². The molecule has 1 fully saturated rings. The minimum absolute atomic E-state index is 0.183. The van der Waals surface area contributed by atoms with E-state index in [0.29, 0.717) is 12.8 Å². The monoisotopic (exact) mass is 253 g/mol. The highest BCUT2D eigenvalue weighted by molar-refractivity contribution is 5.73. The Morgan fingerprint density at radius 3 is 2.18 bits per heavy atom. The van der Waals surface area contributed by atoms with Crippen molar-refractivity contribution in [2.45, 2.75) is 50.7 Å². The smallest absolute Gasteiger partial charge is 0.401 e. The van der Waals surface area contributed by atoms with E-state index < -0.39 is 24.7 Å². The molecular formula is C11H18F3NO2. The fraction of sp³-hybridized carbons (Fsp3) is 0.909. The first kappa shape index (κ1) is 14.3. The van der Waals surface area contributed by atoms with Gasteiger partial charge in [-0.1, -0.05) is 25.7 Å². The Balaban J connectivity index is 2.54. The number of carboxylic acids is 1. The van der Waals surface area contributed by atoms with Gasteiger partial charge in [-0.25, -0.2) is 0 Å². The average molecular weight is 253 g/mol. The molecule has 0 amide bonds. The second-order valence-corrected chi connectivity index (χ2v) is 4.56. The van der Waals surface area contributed by atoms with Gasteiger partial charge in [-0.15, -0.1) is 0 Å². The van der Waals surface area contributed by atoms with Gasteiger partial charge in [-0.2, -0.15) is 13.2 Å². The summed E-state index contributed by atoms with van der Waals surface area (Å²) in [4.78, 5) is 11.0. The molecule has 1 rings (SSSR count). The maximum Gasteiger partial charge on any atom is 0.401 e. The Kier molecular flexibility index (Phi) is 5.24. The molecule has 0 heterocycles. The van der Waals surface area contributed by atoms with Gasteiger partial charge >= 0.3 is 12.1 Å². The zero-order valence-electron chi connectivity index (χ0n) is 9.59. The topological polar surface area (TPSA) is 49.3 Å². The molecule has 17 heavy (non-hydrogen) atoms. The fourth-order valence-electron chi connectivity index (χ4n) is 2.33. The number of rotatable bonds is 4. The van der Waals surface area contributed by atoms with Crippen LogP contribution in [-0.2, 0) is 4.79 Å². The Bertz CT molecular complexity index is 248. The zero-order valence-corrected chi connectivity index (χ0v) is 9.59. The van der Waals surface area contributed by atoms with Crippen LogP contribution in [0.1, 0.15) is 38.5 Å². The second kappa shape index (κ2) is 6.23. The lowest BCUT2D eigenvalue weighted by Gasteiger charge is -2.24. The highest BCUT2D eigenvalue weighted by Crippen LogP contribution is 2.26. The summed E-state index contributed by atoms with van der Waals surface area (Å²) >= 11 is 0. The van der Waals surface area contributed by atoms with Crippen molar-refractivity contribution in [3.05, 3.63) is 0 Å². The molecule has 1 atom stereocenters. The van der Waals surface area contributed by atoms with Crippen LogP contribution in [0.2, 0.25) is 0 Å². The Labute approximate surface area is 98.4 Å². The standard InChI is InChI=1S/C11H18F3NO2/c12-11(13,14)7-15-9(10(16)17)8-5-3-1-2-4-6-8/h8-9,15H,1-7H2,(H,16,17). The van der Waals surface area contributed by atoms with Gasteiger partial charge in [0.25, 0.3) is 0 Å². The molecule has 3 nitrogen and oxygen atoms in total. The van der Waals surface area contributed by atoms with E-state index in [9.17, 15) is 18.0 Å². The van der Waals surface area contributed by atoms with Crippen molar-refractivity contribution < 1.29 is 23.1 Å². The Morgan fingerprint density at radius 1 is 1.24 bits per heavy atom. The molecule has 0 saturated heterocycles. The lowest BCUT2D eigenvalue weighted by Crippen LogP contribution is -2.46. The number of alkyl halides is 3. The van der Waals surface area contributed by atoms with Crippen LogP contribution in [0.5, 0.6) is 0 Å². The molecule has 100 valence electrons. The average Bonchev–Trinajstić information content (AvgIpc) is 2.44. The van der Waals surface area contributed by atoms with Gasteiger partial charge in [0.2, 0.25) is 0 Å². The molecule has 2 N–H and O–H groups in total. The van der Waals surface area contributed by atoms with Crippen molar-refractivity contribution in [2.24, 2.45) is 5.92 Å². The van der Waals surface area contributed by atoms with Crippen molar-refractivity contribution >= 4 is 5.97 Å². The van der Waals surface area contributed by atoms with E-state index in [1.807, 2.05) is 0 Å². The largest absolute Gasteiger partial charge is 0.480 e. The lowest BCUT2D eigenvalue weighted by atomic mass is 9.92. The summed E-state index contributed by atoms with van der Waals surface area (Å²) < 4.78 is 36.2. The number of carbonyl (C=O) groups is 1. The van der Waals surface area contributed by atoms with E-state index >= 15 is 0 Å². The normalized spacial score (nSPS) is 20.9. The van der Waals surface area contributed by atoms with Crippen LogP contribution in [0.25, 0.3) is 0 Å². The molecule has 0 radical (unpaired) electrons. The highest BCUT2D eigenvalue weighted by atomic mass is 19.4. The molecule has 1 saturated carbocycles. The number of halogens is 3. The molecule has 0 aromatic rings. The van der Waals surface area contributed by atoms with Crippen LogP contribution in [0.4, 0.5) is 13.2 Å². The van der Waals surface area contributed by atoms with E-state index in [1.54, 1.807) is 0 Å². The predicted molar refractivity (Wildman–Crippen MR) is 56.7 cm³/mol. The maximum absolute atomic E-state index is 12.1. The summed E-state index contributed by atoms with van der Waals surface area (Å²) in [6, 6.07) is -1.07. The quantitative estimate of drug-likeness (QED) is 0.757. The molecule has 1 aliphatic rings. The first-order valence-corrected chi connectivity index (χ1v) is 5.93. The number of hydrogen-bond donors (Lipinski definition) is 2. The summed E-state index contributed by atoms with van der Waals surface area (Å²) in [5.74, 6) is -1.36. The first-order chi connectivity index (χ1) is 7.90. The third kappa shape index (κ3) is 5.39. The SMILES string of the molecule is O=C(O)C(NCC(F)(F)F)C1CCCCCC1. The van der Waals surface area contributed by atoms with Gasteiger partial charge in [0.1, 0.15) is 6.04 Å². The van der Waals surface area contributed by atoms with Crippen molar-refractivity contribution in [3.8, 4) is 0 Å². The molecule has 0 aromatic carbocycles. The van der Waals surface area contributed by atoms with Crippen LogP contribution < -0.4 is 5.32 Å². The van der Waals surface area contributed by atoms with Crippen LogP contribution >= 0.6 is 0 Å². The van der Waals surface area contributed by atoms with Crippen molar-refractivity contribution in [1.82, 2.24) is 5.32 Å². The van der Waals surface area contributed by atoms with Gasteiger partial charge in [0, 0.05) is 0 Å². The molecular weight excluding hydrogens is 235 g/mol. The number of nitrogens with one attached hydrogen (secondary N) is 1. The van der Waals surface area contributed by atoms with Crippen molar-refractivity contribution in [2.75, 3.05) is 6.54 Å². The maximum atomic E-state index is 12.1. The van der Waals surface area contributed by atoms with Crippen LogP contribution in [0.15, 0.2) is 0 Å². The summed E-state index contributed by atoms with van der Waals surface area (Å²) in [7, 11) is 0. The van der Waals surface area contributed by atoms with E-state index in [4.69, 9.17) is 5.11 Å². The number of hydrogen-bond acceptors (Lipinski definition) is 2. The second-order valence-electron chi connectivity index (χ2n) is 4.56. The van der Waals surface area contributed by atoms with E-state index in [0.717, 1.165) is 25.7 Å². The summed E-state index contributed by atoms with van der Waals surface area (Å²) in [5.41, 5.74) is 0. The molecule has 1 aliphatic carbocycles. The van der Waals surface area contributed by atoms with Crippen molar-refractivity contribution in [1.29, 1.82) is 0 Å². The highest BCUT2D eigenvalue weighted by Gasteiger charge is 2.33. The van der Waals surface area contributed by atoms with Crippen LogP contribution in [-0.4, -0.2) is 29.8 Å². The molecule has 0 aliphatic heterocycles. The van der Waals surface area contributed by atoms with Crippen LogP contribution in [0, 0.1) is 5.92 Å². The van der Waals surface area contributed by atoms with Gasteiger partial charge < -0.3 is 5.11 Å². The number of aliphatic carboxylic acids is 1. The number of carboxylic acid groups (broad SMARTS) is 1. The van der Waals surface area contributed by atoms with Crippen molar-refractivity contribution in [3.63, 3.8) is 0 Å². The minimum Gasteiger partial charge on any atom is -0.480 e. The molecule has 1 unspecified atom stereocenters. The first-order valence-electron chi connectivity index (χ1n) is 5.93. The summed E-state index contributed by atoms with van der Waals surface area (Å²) in [5, 5.41) is 11.1. The zero-order chi connectivity index (χ0) is 12.9. The van der Waals surface area contributed by atoms with Gasteiger partial charge in [0.05, 0.1) is 6.54 Å². The third-order valence-corrected chi connectivity index (χ3v) is 3.16. The van der Waals surface area contributed by atoms with Crippen LogP contribution in [0.3, 0.4) is 0 Å². The summed E-state index contributed by atoms with van der Waals surface area (Å²) in [6.07, 6.45) is 0.927. The molecule has 0 bridgehead atoms. The van der Waals surface area contributed by atoms with Gasteiger partial charge in [0.15, 0.2) is 0 Å². The fourth-order valence-corrected chi connectivity index (χ4v) is 2.33. The molecule has 0 aromatic heterocycles. The Hall–Kier alpha value is -0.780. The van der Waals surface area contributed by atoms with E-state index in [-0.39, 0.29) is 5.92 Å². The molecule has 0 spiro atoms. The third-order valence-electron chi connectivity index (χ3n) is 3.16. The van der Waals surface area contributed by atoms with E-state index in [1.165, 1.54) is 0 Å². The Morgan fingerprint density at radius 2 is 1.76 bits per heavy atom. The lowest BCUT2D eigenvalue weighted by molar-refractivity contribution is -0.145. The minimum atomic E-state index is -4.36. The molecule has 6 heteroatoms.